The van der Waals surface area contributed by atoms with Crippen molar-refractivity contribution in [2.75, 3.05) is 6.54 Å². The van der Waals surface area contributed by atoms with Crippen molar-refractivity contribution in [3.05, 3.63) is 34.3 Å². The van der Waals surface area contributed by atoms with Gasteiger partial charge in [0.1, 0.15) is 0 Å². The predicted molar refractivity (Wildman–Crippen MR) is 75.4 cm³/mol. The molecule has 1 aliphatic carbocycles. The summed E-state index contributed by atoms with van der Waals surface area (Å²) in [5.74, 6) is -0.409. The van der Waals surface area contributed by atoms with Crippen LogP contribution in [0.5, 0.6) is 0 Å². The quantitative estimate of drug-likeness (QED) is 0.786. The van der Waals surface area contributed by atoms with Crippen molar-refractivity contribution in [3.63, 3.8) is 0 Å². The van der Waals surface area contributed by atoms with Gasteiger partial charge in [0.15, 0.2) is 0 Å². The van der Waals surface area contributed by atoms with Crippen LogP contribution in [0.3, 0.4) is 0 Å². The number of nitrogens with two attached hydrogens (primary N) is 1. The standard InChI is InChI=1S/C13H16BrN3O2/c14-10-4-1-3-9(7-10)13(5-2-6-13)16-8-11(18)17-12(15)19/h1,3-4,7,16H,2,5-6,8H2,(H3,15,17,18,19). The zero-order valence-electron chi connectivity index (χ0n) is 10.4. The molecule has 1 aliphatic rings. The van der Waals surface area contributed by atoms with E-state index in [4.69, 9.17) is 5.73 Å². The first-order valence-electron chi connectivity index (χ1n) is 6.12. The van der Waals surface area contributed by atoms with Crippen molar-refractivity contribution in [2.24, 2.45) is 5.73 Å². The molecule has 0 bridgehead atoms. The highest BCUT2D eigenvalue weighted by molar-refractivity contribution is 9.10. The molecule has 0 aromatic heterocycles. The SMILES string of the molecule is NC(=O)NC(=O)CNC1(c2cccc(Br)c2)CCC1. The van der Waals surface area contributed by atoms with Gasteiger partial charge < -0.3 is 5.73 Å². The molecule has 0 unspecified atom stereocenters. The molecule has 0 atom stereocenters. The smallest absolute Gasteiger partial charge is 0.318 e. The number of imide groups is 1. The molecule has 3 amide bonds. The van der Waals surface area contributed by atoms with Gasteiger partial charge in [0, 0.05) is 10.0 Å². The van der Waals surface area contributed by atoms with Crippen molar-refractivity contribution in [1.82, 2.24) is 10.6 Å². The van der Waals surface area contributed by atoms with Crippen LogP contribution in [0.1, 0.15) is 24.8 Å². The molecule has 0 heterocycles. The number of hydrogen-bond acceptors (Lipinski definition) is 3. The van der Waals surface area contributed by atoms with Crippen LogP contribution in [0.4, 0.5) is 4.79 Å². The number of amides is 3. The second kappa shape index (κ2) is 5.71. The monoisotopic (exact) mass is 325 g/mol. The van der Waals surface area contributed by atoms with Crippen LogP contribution in [0, 0.1) is 0 Å². The van der Waals surface area contributed by atoms with Gasteiger partial charge in [-0.1, -0.05) is 28.1 Å². The van der Waals surface area contributed by atoms with Crippen LogP contribution in [0.25, 0.3) is 0 Å². The van der Waals surface area contributed by atoms with Crippen molar-refractivity contribution < 1.29 is 9.59 Å². The van der Waals surface area contributed by atoms with Crippen LogP contribution < -0.4 is 16.4 Å². The van der Waals surface area contributed by atoms with Gasteiger partial charge in [0.2, 0.25) is 5.91 Å². The highest BCUT2D eigenvalue weighted by Gasteiger charge is 2.38. The molecule has 102 valence electrons. The summed E-state index contributed by atoms with van der Waals surface area (Å²) in [7, 11) is 0. The third-order valence-electron chi connectivity index (χ3n) is 3.43. The number of carbonyl (C=O) groups excluding carboxylic acids is 2. The average Bonchev–Trinajstić information content (AvgIpc) is 2.26. The lowest BCUT2D eigenvalue weighted by Gasteiger charge is -2.43. The first-order valence-corrected chi connectivity index (χ1v) is 6.91. The van der Waals surface area contributed by atoms with E-state index in [2.05, 4.69) is 32.6 Å². The molecule has 5 nitrogen and oxygen atoms in total. The van der Waals surface area contributed by atoms with Crippen LogP contribution in [-0.2, 0) is 10.3 Å². The van der Waals surface area contributed by atoms with Crippen LogP contribution in [0.15, 0.2) is 28.7 Å². The molecule has 0 spiro atoms. The fourth-order valence-electron chi connectivity index (χ4n) is 2.32. The summed E-state index contributed by atoms with van der Waals surface area (Å²) in [5.41, 5.74) is 5.89. The number of hydrogen-bond donors (Lipinski definition) is 3. The van der Waals surface area contributed by atoms with E-state index in [0.29, 0.717) is 0 Å². The average molecular weight is 326 g/mol. The number of halogens is 1. The minimum atomic E-state index is -0.822. The molecule has 2 rings (SSSR count). The zero-order chi connectivity index (χ0) is 13.9. The Kier molecular flexibility index (Phi) is 4.21. The first-order chi connectivity index (χ1) is 9.02. The summed E-state index contributed by atoms with van der Waals surface area (Å²) >= 11 is 3.45. The Hall–Kier alpha value is -1.40. The number of primary amides is 1. The molecule has 19 heavy (non-hydrogen) atoms. The second-order valence-corrected chi connectivity index (χ2v) is 5.63. The van der Waals surface area contributed by atoms with Crippen molar-refractivity contribution in [2.45, 2.75) is 24.8 Å². The molecule has 1 saturated carbocycles. The van der Waals surface area contributed by atoms with Crippen LogP contribution in [-0.4, -0.2) is 18.5 Å². The zero-order valence-corrected chi connectivity index (χ0v) is 12.0. The van der Waals surface area contributed by atoms with E-state index in [9.17, 15) is 9.59 Å². The van der Waals surface area contributed by atoms with Gasteiger partial charge in [-0.25, -0.2) is 4.79 Å². The lowest BCUT2D eigenvalue weighted by molar-refractivity contribution is -0.119. The van der Waals surface area contributed by atoms with Gasteiger partial charge in [0.25, 0.3) is 0 Å². The molecule has 6 heteroatoms. The Morgan fingerprint density at radius 1 is 1.37 bits per heavy atom. The third kappa shape index (κ3) is 3.33. The molecule has 0 radical (unpaired) electrons. The minimum absolute atomic E-state index is 0.0788. The Balaban J connectivity index is 2.03. The van der Waals surface area contributed by atoms with E-state index in [1.165, 1.54) is 0 Å². The van der Waals surface area contributed by atoms with Crippen molar-refractivity contribution in [1.29, 1.82) is 0 Å². The minimum Gasteiger partial charge on any atom is -0.351 e. The van der Waals surface area contributed by atoms with Gasteiger partial charge in [-0.15, -0.1) is 0 Å². The van der Waals surface area contributed by atoms with Gasteiger partial charge in [0.05, 0.1) is 6.54 Å². The van der Waals surface area contributed by atoms with Crippen LogP contribution in [0.2, 0.25) is 0 Å². The molecular formula is C13H16BrN3O2. The fourth-order valence-corrected chi connectivity index (χ4v) is 2.71. The molecule has 0 saturated heterocycles. The summed E-state index contributed by atoms with van der Waals surface area (Å²) in [6.07, 6.45) is 3.08. The van der Waals surface area contributed by atoms with E-state index in [1.54, 1.807) is 0 Å². The molecule has 4 N–H and O–H groups in total. The Morgan fingerprint density at radius 3 is 2.63 bits per heavy atom. The summed E-state index contributed by atoms with van der Waals surface area (Å²) in [6, 6.07) is 7.22. The number of rotatable bonds is 4. The maximum Gasteiger partial charge on any atom is 0.318 e. The van der Waals surface area contributed by atoms with Gasteiger partial charge in [-0.2, -0.15) is 0 Å². The summed E-state index contributed by atoms with van der Waals surface area (Å²) in [6.45, 7) is 0.0788. The largest absolute Gasteiger partial charge is 0.351 e. The fraction of sp³-hybridized carbons (Fsp3) is 0.385. The normalized spacial score (nSPS) is 16.5. The van der Waals surface area contributed by atoms with E-state index < -0.39 is 11.9 Å². The Bertz CT molecular complexity index is 500. The van der Waals surface area contributed by atoms with Gasteiger partial charge >= 0.3 is 6.03 Å². The Morgan fingerprint density at radius 2 is 2.11 bits per heavy atom. The highest BCUT2D eigenvalue weighted by Crippen LogP contribution is 2.41. The lowest BCUT2D eigenvalue weighted by atomic mass is 9.72. The maximum atomic E-state index is 11.5. The molecule has 1 fully saturated rings. The Labute approximate surface area is 120 Å². The third-order valence-corrected chi connectivity index (χ3v) is 3.93. The van der Waals surface area contributed by atoms with E-state index in [-0.39, 0.29) is 12.1 Å². The first kappa shape index (κ1) is 14.0. The van der Waals surface area contributed by atoms with E-state index in [0.717, 1.165) is 29.3 Å². The number of carbonyl (C=O) groups is 2. The number of benzene rings is 1. The number of nitrogens with one attached hydrogen (secondary N) is 2. The summed E-state index contributed by atoms with van der Waals surface area (Å²) in [4.78, 5) is 22.0. The predicted octanol–water partition coefficient (Wildman–Crippen LogP) is 1.61. The van der Waals surface area contributed by atoms with Gasteiger partial charge in [-0.05, 0) is 37.0 Å². The van der Waals surface area contributed by atoms with Gasteiger partial charge in [-0.3, -0.25) is 15.4 Å². The topological polar surface area (TPSA) is 84.2 Å². The number of urea groups is 1. The maximum absolute atomic E-state index is 11.5. The summed E-state index contributed by atoms with van der Waals surface area (Å²) in [5, 5.41) is 5.30. The van der Waals surface area contributed by atoms with Crippen molar-refractivity contribution >= 4 is 27.9 Å². The molecule has 0 aliphatic heterocycles. The lowest BCUT2D eigenvalue weighted by Crippen LogP contribution is -2.52. The highest BCUT2D eigenvalue weighted by atomic mass is 79.9. The molecule has 1 aromatic rings. The molecular weight excluding hydrogens is 310 g/mol. The van der Waals surface area contributed by atoms with E-state index in [1.807, 2.05) is 18.2 Å². The van der Waals surface area contributed by atoms with Crippen LogP contribution >= 0.6 is 15.9 Å². The van der Waals surface area contributed by atoms with E-state index >= 15 is 0 Å². The van der Waals surface area contributed by atoms with Crippen molar-refractivity contribution in [3.8, 4) is 0 Å². The summed E-state index contributed by atoms with van der Waals surface area (Å²) < 4.78 is 1.01. The molecule has 1 aromatic carbocycles. The second-order valence-electron chi connectivity index (χ2n) is 4.71.